The Morgan fingerprint density at radius 3 is 2.67 bits per heavy atom. The van der Waals surface area contributed by atoms with Gasteiger partial charge in [0.25, 0.3) is 5.91 Å². The molecule has 0 aliphatic carbocycles. The molecule has 0 atom stereocenters. The maximum Gasteiger partial charge on any atom is 0.253 e. The summed E-state index contributed by atoms with van der Waals surface area (Å²) in [6, 6.07) is 9.05. The van der Waals surface area contributed by atoms with Gasteiger partial charge in [0, 0.05) is 17.3 Å². The Bertz CT molecular complexity index is 676. The van der Waals surface area contributed by atoms with E-state index in [4.69, 9.17) is 17.3 Å². The topological polar surface area (TPSA) is 67.2 Å². The van der Waals surface area contributed by atoms with Crippen molar-refractivity contribution in [1.82, 2.24) is 5.32 Å². The monoisotopic (exact) mass is 307 g/mol. The Morgan fingerprint density at radius 2 is 2.00 bits per heavy atom. The van der Waals surface area contributed by atoms with Gasteiger partial charge in [-0.3, -0.25) is 4.79 Å². The maximum atomic E-state index is 13.8. The second-order valence-corrected chi connectivity index (χ2v) is 4.85. The third-order valence-corrected chi connectivity index (χ3v) is 3.06. The Balaban J connectivity index is 2.38. The van der Waals surface area contributed by atoms with E-state index in [1.54, 1.807) is 24.3 Å². The molecule has 0 heterocycles. The van der Waals surface area contributed by atoms with Gasteiger partial charge in [0.15, 0.2) is 0 Å². The number of halogens is 2. The molecule has 4 N–H and O–H groups in total. The van der Waals surface area contributed by atoms with Crippen molar-refractivity contribution in [3.63, 3.8) is 0 Å². The van der Waals surface area contributed by atoms with Gasteiger partial charge in [-0.05, 0) is 43.3 Å². The summed E-state index contributed by atoms with van der Waals surface area (Å²) >= 11 is 5.72. The minimum absolute atomic E-state index is 0.218. The van der Waals surface area contributed by atoms with E-state index in [0.29, 0.717) is 28.5 Å². The first-order valence-corrected chi connectivity index (χ1v) is 6.79. The number of amides is 1. The van der Waals surface area contributed by atoms with Crippen LogP contribution in [0.1, 0.15) is 17.3 Å². The van der Waals surface area contributed by atoms with Gasteiger partial charge in [-0.15, -0.1) is 0 Å². The summed E-state index contributed by atoms with van der Waals surface area (Å²) in [5.74, 6) is -0.763. The Hall–Kier alpha value is -2.27. The number of hydrogen-bond acceptors (Lipinski definition) is 3. The van der Waals surface area contributed by atoms with Crippen LogP contribution in [0.15, 0.2) is 36.4 Å². The fourth-order valence-electron chi connectivity index (χ4n) is 1.86. The van der Waals surface area contributed by atoms with Crippen LogP contribution in [-0.4, -0.2) is 12.5 Å². The van der Waals surface area contributed by atoms with Gasteiger partial charge in [0.05, 0.1) is 16.9 Å². The standard InChI is InChI=1S/C15H15ClFN3O/c1-2-19-15(21)11-5-4-10(18)8-14(11)20-13-6-3-9(16)7-12(13)17/h3-8,20H,2,18H2,1H3,(H,19,21). The van der Waals surface area contributed by atoms with Gasteiger partial charge >= 0.3 is 0 Å². The number of nitrogens with two attached hydrogens (primary N) is 1. The molecule has 1 amide bonds. The lowest BCUT2D eigenvalue weighted by Gasteiger charge is -2.13. The number of benzene rings is 2. The summed E-state index contributed by atoms with van der Waals surface area (Å²) in [7, 11) is 0. The predicted molar refractivity (Wildman–Crippen MR) is 83.6 cm³/mol. The van der Waals surface area contributed by atoms with Crippen LogP contribution in [0.5, 0.6) is 0 Å². The summed E-state index contributed by atoms with van der Waals surface area (Å²) in [5.41, 5.74) is 7.24. The van der Waals surface area contributed by atoms with Crippen molar-refractivity contribution >= 4 is 34.6 Å². The molecule has 0 radical (unpaired) electrons. The lowest BCUT2D eigenvalue weighted by molar-refractivity contribution is 0.0956. The van der Waals surface area contributed by atoms with Gasteiger partial charge in [-0.2, -0.15) is 0 Å². The Kier molecular flexibility index (Phi) is 4.65. The van der Waals surface area contributed by atoms with Crippen LogP contribution < -0.4 is 16.4 Å². The van der Waals surface area contributed by atoms with Crippen LogP contribution in [0, 0.1) is 5.82 Å². The minimum atomic E-state index is -0.508. The van der Waals surface area contributed by atoms with Crippen molar-refractivity contribution in [1.29, 1.82) is 0 Å². The summed E-state index contributed by atoms with van der Waals surface area (Å²) in [4.78, 5) is 12.0. The molecule has 0 unspecified atom stereocenters. The van der Waals surface area contributed by atoms with Crippen LogP contribution in [0.2, 0.25) is 5.02 Å². The van der Waals surface area contributed by atoms with Crippen LogP contribution in [0.4, 0.5) is 21.5 Å². The van der Waals surface area contributed by atoms with E-state index in [9.17, 15) is 9.18 Å². The molecule has 0 fully saturated rings. The fourth-order valence-corrected chi connectivity index (χ4v) is 2.01. The van der Waals surface area contributed by atoms with Crippen molar-refractivity contribution in [3.05, 3.63) is 52.8 Å². The van der Waals surface area contributed by atoms with E-state index >= 15 is 0 Å². The third-order valence-electron chi connectivity index (χ3n) is 2.83. The molecule has 4 nitrogen and oxygen atoms in total. The SMILES string of the molecule is CCNC(=O)c1ccc(N)cc1Nc1ccc(Cl)cc1F. The van der Waals surface area contributed by atoms with Gasteiger partial charge in [0.2, 0.25) is 0 Å². The van der Waals surface area contributed by atoms with E-state index < -0.39 is 5.82 Å². The maximum absolute atomic E-state index is 13.8. The van der Waals surface area contributed by atoms with Crippen molar-refractivity contribution in [2.75, 3.05) is 17.6 Å². The van der Waals surface area contributed by atoms with E-state index in [2.05, 4.69) is 10.6 Å². The third kappa shape index (κ3) is 3.64. The predicted octanol–water partition coefficient (Wildman–Crippen LogP) is 3.55. The highest BCUT2D eigenvalue weighted by Crippen LogP contribution is 2.26. The fraction of sp³-hybridized carbons (Fsp3) is 0.133. The molecule has 0 aromatic heterocycles. The summed E-state index contributed by atoms with van der Waals surface area (Å²) in [5, 5.41) is 5.87. The molecule has 0 spiro atoms. The zero-order valence-corrected chi connectivity index (χ0v) is 12.2. The zero-order valence-electron chi connectivity index (χ0n) is 11.4. The average Bonchev–Trinajstić information content (AvgIpc) is 2.42. The number of nitrogens with one attached hydrogen (secondary N) is 2. The second-order valence-electron chi connectivity index (χ2n) is 4.41. The molecule has 21 heavy (non-hydrogen) atoms. The van der Waals surface area contributed by atoms with Crippen molar-refractivity contribution in [3.8, 4) is 0 Å². The summed E-state index contributed by atoms with van der Waals surface area (Å²) in [6.45, 7) is 2.32. The number of rotatable bonds is 4. The molecule has 0 bridgehead atoms. The van der Waals surface area contributed by atoms with Crippen molar-refractivity contribution < 1.29 is 9.18 Å². The van der Waals surface area contributed by atoms with Crippen LogP contribution >= 0.6 is 11.6 Å². The van der Waals surface area contributed by atoms with Gasteiger partial charge < -0.3 is 16.4 Å². The van der Waals surface area contributed by atoms with Crippen LogP contribution in [-0.2, 0) is 0 Å². The van der Waals surface area contributed by atoms with Crippen molar-refractivity contribution in [2.24, 2.45) is 0 Å². The molecule has 0 saturated heterocycles. The number of hydrogen-bond donors (Lipinski definition) is 3. The summed E-state index contributed by atoms with van der Waals surface area (Å²) in [6.07, 6.45) is 0. The molecular formula is C15H15ClFN3O. The summed E-state index contributed by atoms with van der Waals surface area (Å²) < 4.78 is 13.8. The Morgan fingerprint density at radius 1 is 1.24 bits per heavy atom. The smallest absolute Gasteiger partial charge is 0.253 e. The molecule has 0 aliphatic rings. The first-order valence-electron chi connectivity index (χ1n) is 6.41. The molecule has 6 heteroatoms. The highest BCUT2D eigenvalue weighted by atomic mass is 35.5. The highest BCUT2D eigenvalue weighted by molar-refractivity contribution is 6.30. The van der Waals surface area contributed by atoms with Gasteiger partial charge in [0.1, 0.15) is 5.82 Å². The number of nitrogen functional groups attached to an aromatic ring is 1. The van der Waals surface area contributed by atoms with Gasteiger partial charge in [-0.1, -0.05) is 11.6 Å². The van der Waals surface area contributed by atoms with E-state index in [1.807, 2.05) is 6.92 Å². The highest BCUT2D eigenvalue weighted by Gasteiger charge is 2.13. The zero-order chi connectivity index (χ0) is 15.4. The average molecular weight is 308 g/mol. The molecule has 2 rings (SSSR count). The molecule has 110 valence electrons. The lowest BCUT2D eigenvalue weighted by Crippen LogP contribution is -2.23. The quantitative estimate of drug-likeness (QED) is 0.757. The lowest BCUT2D eigenvalue weighted by atomic mass is 10.1. The second kappa shape index (κ2) is 6.45. The van der Waals surface area contributed by atoms with E-state index in [1.165, 1.54) is 12.1 Å². The number of anilines is 3. The molecule has 2 aromatic carbocycles. The normalized spacial score (nSPS) is 10.2. The Labute approximate surface area is 127 Å². The van der Waals surface area contributed by atoms with Crippen LogP contribution in [0.3, 0.4) is 0 Å². The largest absolute Gasteiger partial charge is 0.399 e. The molecule has 0 aliphatic heterocycles. The first kappa shape index (κ1) is 15.1. The van der Waals surface area contributed by atoms with E-state index in [-0.39, 0.29) is 11.6 Å². The molecule has 2 aromatic rings. The first-order chi connectivity index (χ1) is 10.0. The number of carbonyl (C=O) groups is 1. The van der Waals surface area contributed by atoms with Crippen LogP contribution in [0.25, 0.3) is 0 Å². The van der Waals surface area contributed by atoms with E-state index in [0.717, 1.165) is 0 Å². The number of carbonyl (C=O) groups excluding carboxylic acids is 1. The van der Waals surface area contributed by atoms with Gasteiger partial charge in [-0.25, -0.2) is 4.39 Å². The molecule has 0 saturated carbocycles. The molecular weight excluding hydrogens is 293 g/mol. The minimum Gasteiger partial charge on any atom is -0.399 e. The van der Waals surface area contributed by atoms with Crippen molar-refractivity contribution in [2.45, 2.75) is 6.92 Å².